The molecule has 1 heterocycles. The highest BCUT2D eigenvalue weighted by atomic mass is 16.5. The fraction of sp³-hybridized carbons (Fsp3) is 0.250. The lowest BCUT2D eigenvalue weighted by Crippen LogP contribution is -2.32. The van der Waals surface area contributed by atoms with E-state index in [4.69, 9.17) is 4.74 Å². The van der Waals surface area contributed by atoms with Crippen molar-refractivity contribution in [3.8, 4) is 16.9 Å². The number of carbonyl (C=O) groups excluding carboxylic acids is 3. The summed E-state index contributed by atoms with van der Waals surface area (Å²) >= 11 is 0. The summed E-state index contributed by atoms with van der Waals surface area (Å²) in [6.07, 6.45) is 3.06. The molecule has 3 aromatic rings. The number of ether oxygens (including phenoxy) is 1. The second-order valence-electron chi connectivity index (χ2n) is 9.20. The molecule has 3 aromatic carbocycles. The Hall–Kier alpha value is -3.73. The van der Waals surface area contributed by atoms with Gasteiger partial charge in [-0.3, -0.25) is 14.5 Å². The Morgan fingerprint density at radius 3 is 2.18 bits per heavy atom. The molecule has 6 rings (SSSR count). The Kier molecular flexibility index (Phi) is 4.64. The maximum atomic E-state index is 13.2. The van der Waals surface area contributed by atoms with Crippen LogP contribution in [-0.2, 0) is 9.59 Å². The van der Waals surface area contributed by atoms with Crippen LogP contribution in [0.3, 0.4) is 0 Å². The molecule has 4 atom stereocenters. The summed E-state index contributed by atoms with van der Waals surface area (Å²) in [5.41, 5.74) is 2.51. The van der Waals surface area contributed by atoms with E-state index < -0.39 is 5.97 Å². The number of fused-ring (bicyclic) bond motifs is 5. The maximum Gasteiger partial charge on any atom is 0.343 e. The van der Waals surface area contributed by atoms with E-state index in [1.54, 1.807) is 30.3 Å². The van der Waals surface area contributed by atoms with Gasteiger partial charge in [0.2, 0.25) is 11.8 Å². The minimum absolute atomic E-state index is 0.114. The number of nitrogens with zero attached hydrogens (tertiary/aromatic N) is 1. The lowest BCUT2D eigenvalue weighted by atomic mass is 9.81. The standard InChI is InChI=1S/C28H23NO4/c30-26-24-18-13-14-19(15-18)25(24)27(31)29(26)21-10-6-9-20(16-21)28(32)33-23-12-5-4-11-22(23)17-7-2-1-3-8-17/h1-12,16,18-19,24-25H,13-15H2/t18-,19+,24-,25+. The number of carbonyl (C=O) groups is 3. The lowest BCUT2D eigenvalue weighted by molar-refractivity contribution is -0.123. The molecule has 0 radical (unpaired) electrons. The van der Waals surface area contributed by atoms with Crippen LogP contribution in [0.4, 0.5) is 5.69 Å². The molecule has 1 saturated heterocycles. The smallest absolute Gasteiger partial charge is 0.343 e. The molecule has 2 aliphatic carbocycles. The Morgan fingerprint density at radius 1 is 0.788 bits per heavy atom. The maximum absolute atomic E-state index is 13.2. The Bertz CT molecular complexity index is 1240. The molecule has 2 saturated carbocycles. The highest BCUT2D eigenvalue weighted by molar-refractivity contribution is 6.22. The van der Waals surface area contributed by atoms with E-state index in [9.17, 15) is 14.4 Å². The van der Waals surface area contributed by atoms with Gasteiger partial charge in [-0.15, -0.1) is 0 Å². The second kappa shape index (κ2) is 7.69. The third-order valence-corrected chi connectivity index (χ3v) is 7.44. The van der Waals surface area contributed by atoms with Crippen LogP contribution in [-0.4, -0.2) is 17.8 Å². The van der Waals surface area contributed by atoms with Crippen molar-refractivity contribution in [3.05, 3.63) is 84.4 Å². The minimum atomic E-state index is -0.528. The van der Waals surface area contributed by atoms with Gasteiger partial charge in [0.05, 0.1) is 23.1 Å². The van der Waals surface area contributed by atoms with Crippen LogP contribution >= 0.6 is 0 Å². The van der Waals surface area contributed by atoms with Gasteiger partial charge in [-0.05, 0) is 60.9 Å². The predicted molar refractivity (Wildman–Crippen MR) is 124 cm³/mol. The quantitative estimate of drug-likeness (QED) is 0.323. The molecule has 164 valence electrons. The van der Waals surface area contributed by atoms with Gasteiger partial charge in [-0.1, -0.05) is 54.6 Å². The largest absolute Gasteiger partial charge is 0.422 e. The van der Waals surface area contributed by atoms with E-state index in [0.717, 1.165) is 30.4 Å². The first kappa shape index (κ1) is 19.9. The fourth-order valence-electron chi connectivity index (χ4n) is 6.01. The molecular weight excluding hydrogens is 414 g/mol. The molecule has 3 fully saturated rings. The second-order valence-corrected chi connectivity index (χ2v) is 9.20. The van der Waals surface area contributed by atoms with Crippen LogP contribution in [0, 0.1) is 23.7 Å². The van der Waals surface area contributed by atoms with Gasteiger partial charge < -0.3 is 4.74 Å². The zero-order chi connectivity index (χ0) is 22.5. The molecule has 0 spiro atoms. The highest BCUT2D eigenvalue weighted by Crippen LogP contribution is 2.56. The van der Waals surface area contributed by atoms with Crippen molar-refractivity contribution in [2.75, 3.05) is 4.90 Å². The molecule has 1 aliphatic heterocycles. The summed E-state index contributed by atoms with van der Waals surface area (Å²) in [5, 5.41) is 0. The molecule has 3 aliphatic rings. The number of hydrogen-bond donors (Lipinski definition) is 0. The van der Waals surface area contributed by atoms with Crippen LogP contribution in [0.2, 0.25) is 0 Å². The molecular formula is C28H23NO4. The molecule has 2 amide bonds. The van der Waals surface area contributed by atoms with Crippen molar-refractivity contribution in [2.45, 2.75) is 19.3 Å². The Morgan fingerprint density at radius 2 is 1.45 bits per heavy atom. The molecule has 5 nitrogen and oxygen atoms in total. The van der Waals surface area contributed by atoms with E-state index in [-0.39, 0.29) is 23.7 Å². The van der Waals surface area contributed by atoms with Crippen LogP contribution in [0.25, 0.3) is 11.1 Å². The molecule has 5 heteroatoms. The summed E-state index contributed by atoms with van der Waals surface area (Å²) in [6.45, 7) is 0. The minimum Gasteiger partial charge on any atom is -0.422 e. The van der Waals surface area contributed by atoms with Crippen LogP contribution in [0.15, 0.2) is 78.9 Å². The molecule has 33 heavy (non-hydrogen) atoms. The van der Waals surface area contributed by atoms with E-state index >= 15 is 0 Å². The molecule has 2 bridgehead atoms. The SMILES string of the molecule is O=C(Oc1ccccc1-c1ccccc1)c1cccc(N2C(=O)[C@@H]3[C@@H]4CC[C@@H](C4)[C@@H]3C2=O)c1. The average Bonchev–Trinajstić information content (AvgIpc) is 3.53. The molecule has 0 aromatic heterocycles. The third-order valence-electron chi connectivity index (χ3n) is 7.44. The summed E-state index contributed by atoms with van der Waals surface area (Å²) in [5.74, 6) is -0.0326. The van der Waals surface area contributed by atoms with Crippen molar-refractivity contribution < 1.29 is 19.1 Å². The van der Waals surface area contributed by atoms with Crippen LogP contribution in [0.5, 0.6) is 5.75 Å². The number of amides is 2. The summed E-state index contributed by atoms with van der Waals surface area (Å²) in [4.78, 5) is 40.6. The van der Waals surface area contributed by atoms with Crippen molar-refractivity contribution >= 4 is 23.5 Å². The molecule has 0 N–H and O–H groups in total. The first-order chi connectivity index (χ1) is 16.1. The van der Waals surface area contributed by atoms with Gasteiger partial charge >= 0.3 is 5.97 Å². The van der Waals surface area contributed by atoms with E-state index in [0.29, 0.717) is 28.8 Å². The number of para-hydroxylation sites is 1. The Labute approximate surface area is 192 Å². The van der Waals surface area contributed by atoms with Gasteiger partial charge in [0.1, 0.15) is 5.75 Å². The summed E-state index contributed by atoms with van der Waals surface area (Å²) in [7, 11) is 0. The number of benzene rings is 3. The normalized spacial score (nSPS) is 25.4. The lowest BCUT2D eigenvalue weighted by Gasteiger charge is -2.19. The predicted octanol–water partition coefficient (Wildman–Crippen LogP) is 5.11. The monoisotopic (exact) mass is 437 g/mol. The van der Waals surface area contributed by atoms with Crippen molar-refractivity contribution in [1.29, 1.82) is 0 Å². The van der Waals surface area contributed by atoms with Gasteiger partial charge in [-0.2, -0.15) is 0 Å². The van der Waals surface area contributed by atoms with E-state index in [1.165, 1.54) is 4.90 Å². The van der Waals surface area contributed by atoms with Crippen molar-refractivity contribution in [2.24, 2.45) is 23.7 Å². The van der Waals surface area contributed by atoms with Gasteiger partial charge in [0.15, 0.2) is 0 Å². The number of esters is 1. The number of rotatable bonds is 4. The average molecular weight is 437 g/mol. The number of imide groups is 1. The summed E-state index contributed by atoms with van der Waals surface area (Å²) < 4.78 is 5.75. The Balaban J connectivity index is 1.27. The summed E-state index contributed by atoms with van der Waals surface area (Å²) in [6, 6.07) is 23.7. The van der Waals surface area contributed by atoms with Gasteiger partial charge in [0.25, 0.3) is 0 Å². The van der Waals surface area contributed by atoms with Gasteiger partial charge in [0, 0.05) is 5.56 Å². The van der Waals surface area contributed by atoms with E-state index in [2.05, 4.69) is 0 Å². The zero-order valence-corrected chi connectivity index (χ0v) is 18.0. The zero-order valence-electron chi connectivity index (χ0n) is 18.0. The third kappa shape index (κ3) is 3.18. The van der Waals surface area contributed by atoms with Crippen LogP contribution < -0.4 is 9.64 Å². The van der Waals surface area contributed by atoms with Crippen LogP contribution in [0.1, 0.15) is 29.6 Å². The first-order valence-electron chi connectivity index (χ1n) is 11.5. The van der Waals surface area contributed by atoms with Crippen molar-refractivity contribution in [1.82, 2.24) is 0 Å². The molecule has 0 unspecified atom stereocenters. The van der Waals surface area contributed by atoms with Gasteiger partial charge in [-0.25, -0.2) is 4.79 Å². The topological polar surface area (TPSA) is 63.7 Å². The highest BCUT2D eigenvalue weighted by Gasteiger charge is 2.61. The number of anilines is 1. The first-order valence-corrected chi connectivity index (χ1v) is 11.5. The number of hydrogen-bond acceptors (Lipinski definition) is 4. The fourth-order valence-corrected chi connectivity index (χ4v) is 6.01. The van der Waals surface area contributed by atoms with Crippen molar-refractivity contribution in [3.63, 3.8) is 0 Å². The van der Waals surface area contributed by atoms with E-state index in [1.807, 2.05) is 48.5 Å².